The van der Waals surface area contributed by atoms with Gasteiger partial charge in [0.1, 0.15) is 48.5 Å². The number of aliphatic hydroxyl groups is 3. The number of methoxy groups -OCH3 is 1. The molecular formula is C43H71NO16. The SMILES string of the molecule is CCC(=O)O[C@H]1CC(=O)O[C@H](C)C[C@@H]2O[C@@H]2/C=C/[C@H](O)[C@@H](C)C[C@H](CC=O)[C@H](O[C@H]2O[C@H](C)[C@@H](O[C@H]3C[C@](C)(O)[C@@H](OC(=O)CC(C)C)[C@@H](C)O3)[C@@H](N(C)C)[C@H]2O)[C@H]1OC. The maximum Gasteiger partial charge on any atom is 0.309 e. The highest BCUT2D eigenvalue weighted by Crippen LogP contribution is 2.38. The van der Waals surface area contributed by atoms with Gasteiger partial charge in [0.25, 0.3) is 0 Å². The maximum atomic E-state index is 13.4. The van der Waals surface area contributed by atoms with E-state index in [0.29, 0.717) is 6.42 Å². The van der Waals surface area contributed by atoms with Crippen LogP contribution in [-0.4, -0.2) is 163 Å². The van der Waals surface area contributed by atoms with Crippen LogP contribution >= 0.6 is 0 Å². The Bertz CT molecular complexity index is 1440. The molecule has 3 fully saturated rings. The summed E-state index contributed by atoms with van der Waals surface area (Å²) in [5, 5.41) is 34.8. The molecule has 0 aromatic rings. The Morgan fingerprint density at radius 3 is 2.27 bits per heavy atom. The van der Waals surface area contributed by atoms with Gasteiger partial charge in [-0.1, -0.05) is 39.8 Å². The lowest BCUT2D eigenvalue weighted by atomic mass is 9.82. The van der Waals surface area contributed by atoms with Gasteiger partial charge >= 0.3 is 17.9 Å². The Morgan fingerprint density at radius 2 is 1.67 bits per heavy atom. The largest absolute Gasteiger partial charge is 0.462 e. The number of carbonyl (C=O) groups excluding carboxylic acids is 4. The van der Waals surface area contributed by atoms with E-state index < -0.39 is 121 Å². The molecule has 4 aliphatic rings. The highest BCUT2D eigenvalue weighted by molar-refractivity contribution is 5.72. The van der Waals surface area contributed by atoms with Gasteiger partial charge in [-0.25, -0.2) is 0 Å². The molecule has 0 saturated carbocycles. The van der Waals surface area contributed by atoms with Crippen molar-refractivity contribution in [3.63, 3.8) is 0 Å². The minimum absolute atomic E-state index is 0.00559. The molecule has 60 heavy (non-hydrogen) atoms. The van der Waals surface area contributed by atoms with Crippen molar-refractivity contribution in [1.29, 1.82) is 0 Å². The molecule has 4 aliphatic heterocycles. The van der Waals surface area contributed by atoms with Gasteiger partial charge in [0.05, 0.1) is 43.0 Å². The van der Waals surface area contributed by atoms with Crippen LogP contribution in [0, 0.1) is 17.8 Å². The summed E-state index contributed by atoms with van der Waals surface area (Å²) in [5.41, 5.74) is -1.50. The Balaban J connectivity index is 1.65. The monoisotopic (exact) mass is 857 g/mol. The molecule has 4 heterocycles. The summed E-state index contributed by atoms with van der Waals surface area (Å²) in [4.78, 5) is 53.0. The lowest BCUT2D eigenvalue weighted by Gasteiger charge is -2.50. The Morgan fingerprint density at radius 1 is 0.967 bits per heavy atom. The Labute approximate surface area is 354 Å². The molecule has 3 saturated heterocycles. The van der Waals surface area contributed by atoms with Crippen molar-refractivity contribution >= 4 is 24.2 Å². The number of aliphatic hydroxyl groups excluding tert-OH is 2. The number of esters is 3. The second kappa shape index (κ2) is 22.2. The number of likely N-dealkylation sites (N-methyl/N-ethyl adjacent to an activating group) is 1. The van der Waals surface area contributed by atoms with Crippen LogP contribution in [0.5, 0.6) is 0 Å². The van der Waals surface area contributed by atoms with Crippen LogP contribution in [0.4, 0.5) is 0 Å². The zero-order chi connectivity index (χ0) is 44.6. The number of carbonyl (C=O) groups is 4. The van der Waals surface area contributed by atoms with E-state index in [4.69, 9.17) is 42.6 Å². The van der Waals surface area contributed by atoms with Gasteiger partial charge in [-0.05, 0) is 66.0 Å². The average molecular weight is 858 g/mol. The molecule has 344 valence electrons. The zero-order valence-electron chi connectivity index (χ0n) is 37.2. The van der Waals surface area contributed by atoms with Crippen LogP contribution in [0.1, 0.15) is 100 Å². The highest BCUT2D eigenvalue weighted by Gasteiger charge is 2.53. The van der Waals surface area contributed by atoms with E-state index in [0.717, 1.165) is 6.29 Å². The average Bonchev–Trinajstić information content (AvgIpc) is 3.89. The number of nitrogens with zero attached hydrogens (tertiary/aromatic N) is 1. The predicted molar refractivity (Wildman–Crippen MR) is 214 cm³/mol. The van der Waals surface area contributed by atoms with Gasteiger partial charge < -0.3 is 67.6 Å². The fraction of sp³-hybridized carbons (Fsp3) is 0.860. The third kappa shape index (κ3) is 13.5. The van der Waals surface area contributed by atoms with Crippen LogP contribution < -0.4 is 0 Å². The second-order valence-electron chi connectivity index (χ2n) is 17.9. The summed E-state index contributed by atoms with van der Waals surface area (Å²) in [5.74, 6) is -2.76. The molecule has 0 bridgehead atoms. The van der Waals surface area contributed by atoms with Gasteiger partial charge in [-0.15, -0.1) is 0 Å². The van der Waals surface area contributed by atoms with E-state index >= 15 is 0 Å². The molecule has 0 unspecified atom stereocenters. The van der Waals surface area contributed by atoms with Crippen LogP contribution in [0.15, 0.2) is 12.2 Å². The smallest absolute Gasteiger partial charge is 0.309 e. The van der Waals surface area contributed by atoms with Gasteiger partial charge in [0.2, 0.25) is 0 Å². The van der Waals surface area contributed by atoms with Crippen molar-refractivity contribution in [3.05, 3.63) is 12.2 Å². The molecule has 0 aromatic heterocycles. The molecule has 0 aliphatic carbocycles. The standard InChI is InChI=1S/C43H71NO16/c1-12-32(47)57-31-20-34(49)53-24(5)19-30-29(56-30)14-13-28(46)23(4)18-27(15-16-45)39(40(31)52-11)60-42-37(50)36(44(9)10)38(25(6)55-42)59-35-21-43(8,51)41(26(7)54-35)58-33(48)17-22(2)3/h13-14,16,22-31,35-42,46,50-51H,12,15,17-21H2,1-11H3/b14-13+/t23-,24+,25+,26+,27-,28-,29+,30-,31-,35-,36-,37+,38+,39-,40-,41-,42+,43-/m0/s1. The van der Waals surface area contributed by atoms with E-state index in [2.05, 4.69) is 0 Å². The molecule has 0 spiro atoms. The summed E-state index contributed by atoms with van der Waals surface area (Å²) in [7, 11) is 4.87. The fourth-order valence-corrected chi connectivity index (χ4v) is 8.66. The first-order chi connectivity index (χ1) is 28.2. The van der Waals surface area contributed by atoms with E-state index in [9.17, 15) is 34.5 Å². The van der Waals surface area contributed by atoms with Crippen LogP contribution in [0.25, 0.3) is 0 Å². The Kier molecular flexibility index (Phi) is 18.5. The summed E-state index contributed by atoms with van der Waals surface area (Å²) in [6.07, 6.45) is -8.08. The highest BCUT2D eigenvalue weighted by atomic mass is 16.7. The van der Waals surface area contributed by atoms with E-state index in [-0.39, 0.29) is 50.2 Å². The summed E-state index contributed by atoms with van der Waals surface area (Å²) < 4.78 is 54.7. The summed E-state index contributed by atoms with van der Waals surface area (Å²) in [6.45, 7) is 14.0. The summed E-state index contributed by atoms with van der Waals surface area (Å²) >= 11 is 0. The van der Waals surface area contributed by atoms with E-state index in [1.807, 2.05) is 20.8 Å². The lowest BCUT2D eigenvalue weighted by Crippen LogP contribution is -2.66. The molecule has 0 amide bonds. The molecule has 18 atom stereocenters. The van der Waals surface area contributed by atoms with Crippen LogP contribution in [0.3, 0.4) is 0 Å². The molecule has 0 aromatic carbocycles. The lowest BCUT2D eigenvalue weighted by molar-refractivity contribution is -0.344. The fourth-order valence-electron chi connectivity index (χ4n) is 8.66. The number of fused-ring (bicyclic) bond motifs is 1. The van der Waals surface area contributed by atoms with Crippen molar-refractivity contribution in [2.45, 2.75) is 198 Å². The van der Waals surface area contributed by atoms with E-state index in [1.165, 1.54) is 7.11 Å². The van der Waals surface area contributed by atoms with Crippen molar-refractivity contribution in [2.24, 2.45) is 17.8 Å². The number of cyclic esters (lactones) is 1. The third-order valence-electron chi connectivity index (χ3n) is 11.8. The van der Waals surface area contributed by atoms with Crippen molar-refractivity contribution in [2.75, 3.05) is 21.2 Å². The number of aldehydes is 1. The maximum absolute atomic E-state index is 13.4. The Hall–Kier alpha value is -2.58. The van der Waals surface area contributed by atoms with Gasteiger partial charge in [-0.3, -0.25) is 14.4 Å². The topological polar surface area (TPSA) is 219 Å². The molecule has 17 heteroatoms. The first kappa shape index (κ1) is 50.1. The number of hydrogen-bond acceptors (Lipinski definition) is 17. The van der Waals surface area contributed by atoms with Crippen LogP contribution in [0.2, 0.25) is 0 Å². The quantitative estimate of drug-likeness (QED) is 0.0797. The molecule has 17 nitrogen and oxygen atoms in total. The summed E-state index contributed by atoms with van der Waals surface area (Å²) in [6, 6.07) is -0.787. The molecule has 3 N–H and O–H groups in total. The predicted octanol–water partition coefficient (Wildman–Crippen LogP) is 2.61. The van der Waals surface area contributed by atoms with Gasteiger partial charge in [0.15, 0.2) is 18.7 Å². The van der Waals surface area contributed by atoms with Crippen molar-refractivity contribution < 1.29 is 77.1 Å². The number of ether oxygens (including phenoxy) is 9. The molecular weight excluding hydrogens is 786 g/mol. The number of hydrogen-bond donors (Lipinski definition) is 3. The molecule has 4 rings (SSSR count). The van der Waals surface area contributed by atoms with Crippen molar-refractivity contribution in [1.82, 2.24) is 4.90 Å². The van der Waals surface area contributed by atoms with Gasteiger partial charge in [-0.2, -0.15) is 0 Å². The third-order valence-corrected chi connectivity index (χ3v) is 11.8. The zero-order valence-corrected chi connectivity index (χ0v) is 37.2. The van der Waals surface area contributed by atoms with Crippen molar-refractivity contribution in [3.8, 4) is 0 Å². The second-order valence-corrected chi connectivity index (χ2v) is 17.9. The first-order valence-electron chi connectivity index (χ1n) is 21.4. The van der Waals surface area contributed by atoms with Crippen LogP contribution in [-0.2, 0) is 61.8 Å². The number of rotatable bonds is 13. The minimum atomic E-state index is -1.50. The number of epoxide rings is 1. The first-order valence-corrected chi connectivity index (χ1v) is 21.4. The minimum Gasteiger partial charge on any atom is -0.462 e. The normalized spacial score (nSPS) is 42.5. The molecule has 0 radical (unpaired) electrons. The van der Waals surface area contributed by atoms with Gasteiger partial charge in [0, 0.05) is 39.2 Å². The van der Waals surface area contributed by atoms with E-state index in [1.54, 1.807) is 65.8 Å².